The SMILES string of the molecule is CC(C)=CCC[C@](C)(O)[C@H]1CC[C@]2(C)[C@H]1CC[C@@H]1[C@@]3(C)CCC(=O)C(C)(C)[C@@H]3CC[C@]12C. The van der Waals surface area contributed by atoms with E-state index in [1.165, 1.54) is 44.1 Å². The molecule has 0 aliphatic heterocycles. The lowest BCUT2D eigenvalue weighted by Crippen LogP contribution is -2.63. The molecule has 2 nitrogen and oxygen atoms in total. The number of hydrogen-bond acceptors (Lipinski definition) is 2. The highest BCUT2D eigenvalue weighted by Gasteiger charge is 2.69. The van der Waals surface area contributed by atoms with Crippen molar-refractivity contribution in [1.82, 2.24) is 0 Å². The lowest BCUT2D eigenvalue weighted by atomic mass is 9.35. The van der Waals surface area contributed by atoms with Gasteiger partial charge in [0, 0.05) is 11.8 Å². The summed E-state index contributed by atoms with van der Waals surface area (Å²) in [5.41, 5.74) is 1.52. The Morgan fingerprint density at radius 3 is 2.28 bits per heavy atom. The summed E-state index contributed by atoms with van der Waals surface area (Å²) in [7, 11) is 0. The summed E-state index contributed by atoms with van der Waals surface area (Å²) in [6.45, 7) is 18.7. The van der Waals surface area contributed by atoms with Gasteiger partial charge in [0.15, 0.2) is 0 Å². The lowest BCUT2D eigenvalue weighted by molar-refractivity contribution is -0.207. The van der Waals surface area contributed by atoms with Gasteiger partial charge in [-0.1, -0.05) is 46.3 Å². The van der Waals surface area contributed by atoms with Gasteiger partial charge >= 0.3 is 0 Å². The second kappa shape index (κ2) is 7.69. The highest BCUT2D eigenvalue weighted by molar-refractivity contribution is 5.85. The first-order chi connectivity index (χ1) is 14.7. The van der Waals surface area contributed by atoms with E-state index in [-0.39, 0.29) is 10.8 Å². The maximum absolute atomic E-state index is 12.8. The number of fused-ring (bicyclic) bond motifs is 5. The van der Waals surface area contributed by atoms with E-state index in [9.17, 15) is 9.90 Å². The third-order valence-corrected chi connectivity index (χ3v) is 12.1. The Bertz CT molecular complexity index is 787. The minimum atomic E-state index is -0.572. The Labute approximate surface area is 198 Å². The van der Waals surface area contributed by atoms with Crippen LogP contribution in [0.5, 0.6) is 0 Å². The number of Topliss-reactive ketones (excluding diaryl/α,β-unsaturated/α-hetero) is 1. The van der Waals surface area contributed by atoms with E-state index in [0.717, 1.165) is 25.7 Å². The first-order valence-electron chi connectivity index (χ1n) is 13.6. The number of hydrogen-bond donors (Lipinski definition) is 1. The summed E-state index contributed by atoms with van der Waals surface area (Å²) >= 11 is 0. The topological polar surface area (TPSA) is 37.3 Å². The summed E-state index contributed by atoms with van der Waals surface area (Å²) in [6, 6.07) is 0. The van der Waals surface area contributed by atoms with Gasteiger partial charge in [-0.05, 0) is 118 Å². The largest absolute Gasteiger partial charge is 0.390 e. The fourth-order valence-corrected chi connectivity index (χ4v) is 10.1. The molecule has 0 aromatic rings. The Kier molecular flexibility index (Phi) is 5.89. The van der Waals surface area contributed by atoms with Crippen molar-refractivity contribution in [3.05, 3.63) is 11.6 Å². The number of rotatable bonds is 4. The number of aliphatic hydroxyl groups is 1. The summed E-state index contributed by atoms with van der Waals surface area (Å²) < 4.78 is 0. The Balaban J connectivity index is 1.62. The second-order valence-corrected chi connectivity index (χ2v) is 14.1. The van der Waals surface area contributed by atoms with Crippen LogP contribution in [0.15, 0.2) is 11.6 Å². The fourth-order valence-electron chi connectivity index (χ4n) is 10.1. The van der Waals surface area contributed by atoms with E-state index in [4.69, 9.17) is 0 Å². The monoisotopic (exact) mass is 442 g/mol. The van der Waals surface area contributed by atoms with E-state index in [1.54, 1.807) is 0 Å². The van der Waals surface area contributed by atoms with Crippen molar-refractivity contribution in [3.8, 4) is 0 Å². The van der Waals surface area contributed by atoms with Crippen LogP contribution in [-0.2, 0) is 4.79 Å². The van der Waals surface area contributed by atoms with Crippen molar-refractivity contribution in [2.75, 3.05) is 0 Å². The normalized spacial score (nSPS) is 47.1. The zero-order valence-electron chi connectivity index (χ0n) is 22.3. The maximum Gasteiger partial charge on any atom is 0.138 e. The summed E-state index contributed by atoms with van der Waals surface area (Å²) in [4.78, 5) is 12.8. The van der Waals surface area contributed by atoms with E-state index in [2.05, 4.69) is 61.5 Å². The highest BCUT2D eigenvalue weighted by Crippen LogP contribution is 2.75. The minimum absolute atomic E-state index is 0.168. The molecule has 182 valence electrons. The lowest BCUT2D eigenvalue weighted by Gasteiger charge is -2.69. The first-order valence-corrected chi connectivity index (χ1v) is 13.6. The molecule has 0 aromatic heterocycles. The first kappa shape index (κ1) is 24.5. The Morgan fingerprint density at radius 1 is 0.969 bits per heavy atom. The van der Waals surface area contributed by atoms with Crippen LogP contribution in [0.4, 0.5) is 0 Å². The van der Waals surface area contributed by atoms with Gasteiger partial charge in [-0.25, -0.2) is 0 Å². The highest BCUT2D eigenvalue weighted by atomic mass is 16.3. The van der Waals surface area contributed by atoms with Gasteiger partial charge in [0.25, 0.3) is 0 Å². The van der Waals surface area contributed by atoms with Gasteiger partial charge in [-0.15, -0.1) is 0 Å². The molecule has 2 heteroatoms. The van der Waals surface area contributed by atoms with Crippen molar-refractivity contribution in [2.24, 2.45) is 45.3 Å². The summed E-state index contributed by atoms with van der Waals surface area (Å²) in [5, 5.41) is 11.6. The van der Waals surface area contributed by atoms with Crippen molar-refractivity contribution in [3.63, 3.8) is 0 Å². The number of ketones is 1. The molecule has 4 fully saturated rings. The number of allylic oxidation sites excluding steroid dienone is 2. The van der Waals surface area contributed by atoms with E-state index < -0.39 is 5.60 Å². The molecule has 1 N–H and O–H groups in total. The van der Waals surface area contributed by atoms with Crippen molar-refractivity contribution >= 4 is 5.78 Å². The van der Waals surface area contributed by atoms with E-state index in [0.29, 0.717) is 40.3 Å². The van der Waals surface area contributed by atoms with Crippen LogP contribution >= 0.6 is 0 Å². The molecule has 0 amide bonds. The number of carbonyl (C=O) groups is 1. The van der Waals surface area contributed by atoms with Gasteiger partial charge in [0.05, 0.1) is 5.60 Å². The average Bonchev–Trinajstić information content (AvgIpc) is 3.04. The molecule has 0 bridgehead atoms. The second-order valence-electron chi connectivity index (χ2n) is 14.1. The summed E-state index contributed by atoms with van der Waals surface area (Å²) in [6.07, 6.45) is 13.5. The smallest absolute Gasteiger partial charge is 0.138 e. The van der Waals surface area contributed by atoms with Crippen molar-refractivity contribution in [1.29, 1.82) is 0 Å². The van der Waals surface area contributed by atoms with Gasteiger partial charge in [0.2, 0.25) is 0 Å². The van der Waals surface area contributed by atoms with Gasteiger partial charge in [-0.3, -0.25) is 4.79 Å². The molecule has 4 aliphatic carbocycles. The molecule has 4 aliphatic rings. The zero-order chi connectivity index (χ0) is 23.7. The molecular weight excluding hydrogens is 392 g/mol. The molecular formula is C30H50O2. The molecule has 0 spiro atoms. The predicted octanol–water partition coefficient (Wildman–Crippen LogP) is 7.74. The van der Waals surface area contributed by atoms with Crippen molar-refractivity contribution in [2.45, 2.75) is 125 Å². The van der Waals surface area contributed by atoms with Crippen LogP contribution in [0.1, 0.15) is 120 Å². The molecule has 0 unspecified atom stereocenters. The number of carbonyl (C=O) groups excluding carboxylic acids is 1. The molecule has 8 atom stereocenters. The van der Waals surface area contributed by atoms with E-state index >= 15 is 0 Å². The van der Waals surface area contributed by atoms with Gasteiger partial charge in [0.1, 0.15) is 5.78 Å². The van der Waals surface area contributed by atoms with Crippen LogP contribution < -0.4 is 0 Å². The minimum Gasteiger partial charge on any atom is -0.390 e. The Hall–Kier alpha value is -0.630. The van der Waals surface area contributed by atoms with Crippen LogP contribution in [0.25, 0.3) is 0 Å². The molecule has 0 saturated heterocycles. The Morgan fingerprint density at radius 2 is 1.62 bits per heavy atom. The van der Waals surface area contributed by atoms with Gasteiger partial charge < -0.3 is 5.11 Å². The van der Waals surface area contributed by atoms with Gasteiger partial charge in [-0.2, -0.15) is 0 Å². The molecule has 4 saturated carbocycles. The van der Waals surface area contributed by atoms with E-state index in [1.807, 2.05) is 0 Å². The molecule has 4 rings (SSSR count). The average molecular weight is 443 g/mol. The fraction of sp³-hybridized carbons (Fsp3) is 0.900. The summed E-state index contributed by atoms with van der Waals surface area (Å²) in [5.74, 6) is 2.78. The molecule has 0 aromatic carbocycles. The zero-order valence-corrected chi connectivity index (χ0v) is 22.3. The third-order valence-electron chi connectivity index (χ3n) is 12.1. The quantitative estimate of drug-likeness (QED) is 0.452. The van der Waals surface area contributed by atoms with Crippen LogP contribution in [-0.4, -0.2) is 16.5 Å². The van der Waals surface area contributed by atoms with Crippen molar-refractivity contribution < 1.29 is 9.90 Å². The maximum atomic E-state index is 12.8. The molecule has 0 radical (unpaired) electrons. The standard InChI is InChI=1S/C30H50O2/c1-20(2)10-9-16-30(8,32)22-13-18-28(6)21(22)11-12-24-27(5)17-15-25(31)26(3,4)23(27)14-19-29(24,28)7/h10,21-24,32H,9,11-19H2,1-8H3/t21-,22-,23-,24+,27-,28+,29+,30-/m0/s1. The molecule has 32 heavy (non-hydrogen) atoms. The predicted molar refractivity (Wildman–Crippen MR) is 133 cm³/mol. The van der Waals surface area contributed by atoms with Crippen LogP contribution in [0.2, 0.25) is 0 Å². The van der Waals surface area contributed by atoms with Crippen LogP contribution in [0, 0.1) is 45.3 Å². The molecule has 0 heterocycles. The third kappa shape index (κ3) is 3.32. The van der Waals surface area contributed by atoms with Crippen LogP contribution in [0.3, 0.4) is 0 Å².